The van der Waals surface area contributed by atoms with Gasteiger partial charge < -0.3 is 19.3 Å². The summed E-state index contributed by atoms with van der Waals surface area (Å²) in [4.78, 5) is 38.5. The van der Waals surface area contributed by atoms with E-state index in [1.165, 1.54) is 24.3 Å². The molecule has 8 nitrogen and oxygen atoms in total. The maximum Gasteiger partial charge on any atom is 0.338 e. The van der Waals surface area contributed by atoms with Crippen LogP contribution in [0.3, 0.4) is 0 Å². The van der Waals surface area contributed by atoms with Crippen LogP contribution in [-0.4, -0.2) is 49.3 Å². The van der Waals surface area contributed by atoms with Gasteiger partial charge in [-0.05, 0) is 55.3 Å². The van der Waals surface area contributed by atoms with Gasteiger partial charge in [0.2, 0.25) is 0 Å². The van der Waals surface area contributed by atoms with Gasteiger partial charge in [-0.15, -0.1) is 0 Å². The average Bonchev–Trinajstić information content (AvgIpc) is 3.03. The van der Waals surface area contributed by atoms with Crippen LogP contribution in [0.2, 0.25) is 0 Å². The summed E-state index contributed by atoms with van der Waals surface area (Å²) in [5, 5.41) is 10.4. The number of amides is 2. The molecule has 0 fully saturated rings. The molecule has 0 saturated heterocycles. The fourth-order valence-electron chi connectivity index (χ4n) is 3.12. The van der Waals surface area contributed by atoms with Gasteiger partial charge in [0.1, 0.15) is 12.4 Å². The molecule has 1 aliphatic heterocycles. The summed E-state index contributed by atoms with van der Waals surface area (Å²) < 4.78 is 15.7. The molecule has 2 amide bonds. The lowest BCUT2D eigenvalue weighted by Gasteiger charge is -2.15. The van der Waals surface area contributed by atoms with Gasteiger partial charge in [-0.1, -0.05) is 19.1 Å². The smallest absolute Gasteiger partial charge is 0.338 e. The lowest BCUT2D eigenvalue weighted by Crippen LogP contribution is -2.31. The number of rotatable bonds is 10. The molecule has 0 spiro atoms. The third-order valence-electron chi connectivity index (χ3n) is 4.70. The molecule has 1 heterocycles. The van der Waals surface area contributed by atoms with Crippen molar-refractivity contribution in [1.82, 2.24) is 0 Å². The monoisotopic (exact) mass is 439 g/mol. The number of anilines is 1. The quantitative estimate of drug-likeness (QED) is 0.343. The van der Waals surface area contributed by atoms with Crippen LogP contribution in [0.4, 0.5) is 5.69 Å². The third kappa shape index (κ3) is 4.97. The van der Waals surface area contributed by atoms with Gasteiger partial charge in [-0.25, -0.2) is 9.69 Å². The van der Waals surface area contributed by atoms with Gasteiger partial charge in [-0.3, -0.25) is 9.59 Å². The predicted octanol–water partition coefficient (Wildman–Crippen LogP) is 3.51. The van der Waals surface area contributed by atoms with E-state index in [9.17, 15) is 19.5 Å². The van der Waals surface area contributed by atoms with E-state index in [-0.39, 0.29) is 23.4 Å². The van der Waals surface area contributed by atoms with E-state index in [0.717, 1.165) is 11.3 Å². The Labute approximate surface area is 186 Å². The number of benzene rings is 2. The molecule has 32 heavy (non-hydrogen) atoms. The van der Waals surface area contributed by atoms with Gasteiger partial charge in [0.15, 0.2) is 5.76 Å². The minimum absolute atomic E-state index is 0.0866. The number of aliphatic hydroxyl groups is 1. The lowest BCUT2D eigenvalue weighted by molar-refractivity contribution is -0.121. The number of hydrogen-bond acceptors (Lipinski definition) is 7. The van der Waals surface area contributed by atoms with Crippen LogP contribution in [0.25, 0.3) is 5.57 Å². The molecule has 8 heteroatoms. The Hall–Kier alpha value is -3.65. The number of imide groups is 1. The summed E-state index contributed by atoms with van der Waals surface area (Å²) in [6, 6.07) is 12.4. The summed E-state index contributed by atoms with van der Waals surface area (Å²) >= 11 is 0. The molecule has 168 valence electrons. The summed E-state index contributed by atoms with van der Waals surface area (Å²) in [7, 11) is 0. The van der Waals surface area contributed by atoms with Crippen molar-refractivity contribution >= 4 is 29.0 Å². The predicted molar refractivity (Wildman–Crippen MR) is 117 cm³/mol. The molecule has 1 N–H and O–H groups in total. The van der Waals surface area contributed by atoms with Gasteiger partial charge in [0.25, 0.3) is 5.91 Å². The van der Waals surface area contributed by atoms with Crippen molar-refractivity contribution in [3.05, 3.63) is 65.4 Å². The zero-order valence-electron chi connectivity index (χ0n) is 18.0. The molecule has 0 unspecified atom stereocenters. The molecule has 2 aromatic rings. The van der Waals surface area contributed by atoms with Crippen LogP contribution in [-0.2, 0) is 19.1 Å². The van der Waals surface area contributed by atoms with Crippen molar-refractivity contribution in [2.75, 3.05) is 31.3 Å². The first kappa shape index (κ1) is 23.0. The van der Waals surface area contributed by atoms with Gasteiger partial charge in [-0.2, -0.15) is 0 Å². The molecule has 0 aliphatic carbocycles. The number of hydrogen-bond donors (Lipinski definition) is 1. The topological polar surface area (TPSA) is 102 Å². The van der Waals surface area contributed by atoms with Gasteiger partial charge in [0, 0.05) is 6.61 Å². The Morgan fingerprint density at radius 3 is 2.22 bits per heavy atom. The Morgan fingerprint density at radius 2 is 1.59 bits per heavy atom. The number of carbonyl (C=O) groups is 3. The molecule has 1 aliphatic rings. The molecule has 3 rings (SSSR count). The van der Waals surface area contributed by atoms with Crippen LogP contribution in [0.1, 0.15) is 36.2 Å². The summed E-state index contributed by atoms with van der Waals surface area (Å²) in [6.45, 7) is 5.36. The molecular weight excluding hydrogens is 414 g/mol. The molecule has 0 saturated carbocycles. The molecule has 0 radical (unpaired) electrons. The van der Waals surface area contributed by atoms with Crippen molar-refractivity contribution in [1.29, 1.82) is 0 Å². The minimum Gasteiger partial charge on any atom is -0.502 e. The summed E-state index contributed by atoms with van der Waals surface area (Å²) in [6.07, 6.45) is 0.861. The van der Waals surface area contributed by atoms with Crippen LogP contribution in [0.5, 0.6) is 5.75 Å². The van der Waals surface area contributed by atoms with Crippen LogP contribution < -0.4 is 9.64 Å². The Bertz CT molecular complexity index is 1010. The Kier molecular flexibility index (Phi) is 7.62. The van der Waals surface area contributed by atoms with Crippen molar-refractivity contribution in [2.24, 2.45) is 0 Å². The van der Waals surface area contributed by atoms with E-state index in [2.05, 4.69) is 0 Å². The Morgan fingerprint density at radius 1 is 0.906 bits per heavy atom. The highest BCUT2D eigenvalue weighted by atomic mass is 16.6. The first-order valence-electron chi connectivity index (χ1n) is 10.4. The summed E-state index contributed by atoms with van der Waals surface area (Å²) in [5.74, 6) is -2.02. The number of esters is 1. The van der Waals surface area contributed by atoms with Crippen LogP contribution >= 0.6 is 0 Å². The molecular formula is C24H25NO7. The SMILES string of the molecule is CCCOc1ccc(C2=C(O)C(=O)N(c3ccc(C(=O)OCCOCC)cc3)C2=O)cc1. The van der Waals surface area contributed by atoms with E-state index in [1.807, 2.05) is 13.8 Å². The highest BCUT2D eigenvalue weighted by molar-refractivity contribution is 6.44. The van der Waals surface area contributed by atoms with Crippen molar-refractivity contribution in [3.63, 3.8) is 0 Å². The zero-order chi connectivity index (χ0) is 23.1. The number of ether oxygens (including phenoxy) is 3. The normalized spacial score (nSPS) is 13.6. The van der Waals surface area contributed by atoms with E-state index < -0.39 is 23.5 Å². The second-order valence-electron chi connectivity index (χ2n) is 6.92. The molecule has 0 aromatic heterocycles. The van der Waals surface area contributed by atoms with Crippen LogP contribution in [0, 0.1) is 0 Å². The van der Waals surface area contributed by atoms with E-state index in [0.29, 0.717) is 31.1 Å². The molecule has 0 bridgehead atoms. The standard InChI is InChI=1S/C24H25NO7/c1-3-13-31-19-11-7-16(8-12-19)20-21(26)23(28)25(22(20)27)18-9-5-17(6-10-18)24(29)32-15-14-30-4-2/h5-12,26H,3-4,13-15H2,1-2H3. The maximum absolute atomic E-state index is 13.0. The highest BCUT2D eigenvalue weighted by Gasteiger charge is 2.40. The largest absolute Gasteiger partial charge is 0.502 e. The van der Waals surface area contributed by atoms with Gasteiger partial charge >= 0.3 is 11.9 Å². The first-order valence-corrected chi connectivity index (χ1v) is 10.4. The minimum atomic E-state index is -0.830. The zero-order valence-corrected chi connectivity index (χ0v) is 18.0. The fourth-order valence-corrected chi connectivity index (χ4v) is 3.12. The molecule has 2 aromatic carbocycles. The van der Waals surface area contributed by atoms with Crippen LogP contribution in [0.15, 0.2) is 54.3 Å². The second kappa shape index (κ2) is 10.6. The maximum atomic E-state index is 13.0. The Balaban J connectivity index is 1.73. The lowest BCUT2D eigenvalue weighted by atomic mass is 10.1. The second-order valence-corrected chi connectivity index (χ2v) is 6.92. The molecule has 0 atom stereocenters. The average molecular weight is 439 g/mol. The van der Waals surface area contributed by atoms with E-state index >= 15 is 0 Å². The van der Waals surface area contributed by atoms with Crippen molar-refractivity contribution in [2.45, 2.75) is 20.3 Å². The number of aliphatic hydroxyl groups excluding tert-OH is 1. The van der Waals surface area contributed by atoms with Gasteiger partial charge in [0.05, 0.1) is 30.0 Å². The third-order valence-corrected chi connectivity index (χ3v) is 4.70. The van der Waals surface area contributed by atoms with E-state index in [4.69, 9.17) is 14.2 Å². The number of nitrogens with zero attached hydrogens (tertiary/aromatic N) is 1. The highest BCUT2D eigenvalue weighted by Crippen LogP contribution is 2.32. The number of carbonyl (C=O) groups excluding carboxylic acids is 3. The van der Waals surface area contributed by atoms with Crippen molar-refractivity contribution in [3.8, 4) is 5.75 Å². The van der Waals surface area contributed by atoms with Crippen molar-refractivity contribution < 1.29 is 33.7 Å². The van der Waals surface area contributed by atoms with E-state index in [1.54, 1.807) is 24.3 Å². The first-order chi connectivity index (χ1) is 15.5. The summed E-state index contributed by atoms with van der Waals surface area (Å²) in [5.41, 5.74) is 0.817. The fraction of sp³-hybridized carbons (Fsp3) is 0.292.